The monoisotopic (exact) mass is 253 g/mol. The average Bonchev–Trinajstić information content (AvgIpc) is 2.82. The molecule has 2 unspecified atom stereocenters. The molecule has 98 valence electrons. The molecule has 1 aromatic heterocycles. The molecular formula is C10H15N5O3. The summed E-state index contributed by atoms with van der Waals surface area (Å²) in [6.45, 7) is 0.0568. The average molecular weight is 253 g/mol. The van der Waals surface area contributed by atoms with Crippen LogP contribution in [0.1, 0.15) is 25.7 Å². The summed E-state index contributed by atoms with van der Waals surface area (Å²) in [6, 6.07) is -0.0659. The Morgan fingerprint density at radius 1 is 1.44 bits per heavy atom. The Hall–Kier alpha value is -1.99. The molecule has 8 heteroatoms. The molecule has 0 spiro atoms. The Morgan fingerprint density at radius 3 is 2.94 bits per heavy atom. The number of aromatic nitrogens is 4. The van der Waals surface area contributed by atoms with Gasteiger partial charge >= 0.3 is 5.97 Å². The van der Waals surface area contributed by atoms with Crippen LogP contribution in [-0.2, 0) is 16.1 Å². The van der Waals surface area contributed by atoms with Crippen LogP contribution in [0.4, 0.5) is 0 Å². The number of carbonyl (C=O) groups excluding carboxylic acids is 1. The van der Waals surface area contributed by atoms with Gasteiger partial charge in [0.2, 0.25) is 5.91 Å². The molecule has 0 aliphatic heterocycles. The second kappa shape index (κ2) is 5.56. The number of carboxylic acid groups (broad SMARTS) is 1. The fraction of sp³-hybridized carbons (Fsp3) is 0.700. The maximum absolute atomic E-state index is 11.7. The van der Waals surface area contributed by atoms with E-state index in [1.54, 1.807) is 0 Å². The number of nitrogens with one attached hydrogen (secondary N) is 1. The van der Waals surface area contributed by atoms with Crippen LogP contribution in [0, 0.1) is 5.92 Å². The van der Waals surface area contributed by atoms with Crippen molar-refractivity contribution in [2.45, 2.75) is 38.3 Å². The summed E-state index contributed by atoms with van der Waals surface area (Å²) in [5.41, 5.74) is 0. The van der Waals surface area contributed by atoms with Gasteiger partial charge in [-0.25, -0.2) is 4.68 Å². The number of aliphatic carboxylic acids is 1. The number of rotatable bonds is 4. The summed E-state index contributed by atoms with van der Waals surface area (Å²) < 4.78 is 1.33. The second-order valence-electron chi connectivity index (χ2n) is 4.47. The topological polar surface area (TPSA) is 110 Å². The zero-order valence-electron chi connectivity index (χ0n) is 9.82. The van der Waals surface area contributed by atoms with E-state index >= 15 is 0 Å². The minimum absolute atomic E-state index is 0.0568. The van der Waals surface area contributed by atoms with Crippen LogP contribution in [-0.4, -0.2) is 43.2 Å². The lowest BCUT2D eigenvalue weighted by Crippen LogP contribution is -2.41. The number of hydrogen-bond acceptors (Lipinski definition) is 5. The summed E-state index contributed by atoms with van der Waals surface area (Å²) in [7, 11) is 0. The largest absolute Gasteiger partial charge is 0.481 e. The van der Waals surface area contributed by atoms with Gasteiger partial charge in [0.15, 0.2) is 0 Å². The molecule has 1 amide bonds. The minimum atomic E-state index is -0.783. The number of nitrogens with zero attached hydrogens (tertiary/aromatic N) is 4. The van der Waals surface area contributed by atoms with Crippen molar-refractivity contribution >= 4 is 11.9 Å². The molecule has 1 fully saturated rings. The zero-order chi connectivity index (χ0) is 13.0. The third kappa shape index (κ3) is 3.25. The van der Waals surface area contributed by atoms with Gasteiger partial charge < -0.3 is 10.4 Å². The van der Waals surface area contributed by atoms with Gasteiger partial charge in [0.1, 0.15) is 12.9 Å². The normalized spacial score (nSPS) is 23.6. The minimum Gasteiger partial charge on any atom is -0.481 e. The second-order valence-corrected chi connectivity index (χ2v) is 4.47. The molecule has 18 heavy (non-hydrogen) atoms. The predicted octanol–water partition coefficient (Wildman–Crippen LogP) is -0.567. The highest BCUT2D eigenvalue weighted by Crippen LogP contribution is 2.24. The summed E-state index contributed by atoms with van der Waals surface area (Å²) >= 11 is 0. The smallest absolute Gasteiger partial charge is 0.306 e. The summed E-state index contributed by atoms with van der Waals surface area (Å²) in [5, 5.41) is 22.2. The Morgan fingerprint density at radius 2 is 2.28 bits per heavy atom. The molecule has 1 saturated carbocycles. The van der Waals surface area contributed by atoms with Gasteiger partial charge in [0.05, 0.1) is 5.92 Å². The predicted molar refractivity (Wildman–Crippen MR) is 59.3 cm³/mol. The van der Waals surface area contributed by atoms with Gasteiger partial charge in [-0.3, -0.25) is 9.59 Å². The van der Waals surface area contributed by atoms with Crippen LogP contribution in [0.2, 0.25) is 0 Å². The van der Waals surface area contributed by atoms with E-state index in [1.165, 1.54) is 11.0 Å². The molecule has 8 nitrogen and oxygen atoms in total. The molecule has 0 bridgehead atoms. The molecular weight excluding hydrogens is 238 g/mol. The van der Waals surface area contributed by atoms with Gasteiger partial charge in [0.25, 0.3) is 0 Å². The maximum Gasteiger partial charge on any atom is 0.306 e. The molecule has 0 radical (unpaired) electrons. The van der Waals surface area contributed by atoms with Crippen LogP contribution in [0.5, 0.6) is 0 Å². The van der Waals surface area contributed by atoms with Crippen LogP contribution >= 0.6 is 0 Å². The Kier molecular flexibility index (Phi) is 3.85. The van der Waals surface area contributed by atoms with Crippen LogP contribution in [0.3, 0.4) is 0 Å². The number of tetrazole rings is 1. The van der Waals surface area contributed by atoms with Crippen LogP contribution in [0.15, 0.2) is 6.33 Å². The molecule has 2 rings (SSSR count). The van der Waals surface area contributed by atoms with Crippen molar-refractivity contribution in [2.75, 3.05) is 0 Å². The van der Waals surface area contributed by atoms with Crippen LogP contribution in [0.25, 0.3) is 0 Å². The first-order valence-electron chi connectivity index (χ1n) is 5.88. The van der Waals surface area contributed by atoms with Gasteiger partial charge in [-0.1, -0.05) is 6.42 Å². The first kappa shape index (κ1) is 12.5. The molecule has 2 N–H and O–H groups in total. The number of carbonyl (C=O) groups is 2. The molecule has 1 heterocycles. The fourth-order valence-corrected chi connectivity index (χ4v) is 2.22. The van der Waals surface area contributed by atoms with E-state index in [0.717, 1.165) is 12.8 Å². The lowest BCUT2D eigenvalue weighted by molar-refractivity contribution is -0.143. The summed E-state index contributed by atoms with van der Waals surface area (Å²) in [6.07, 6.45) is 4.20. The maximum atomic E-state index is 11.7. The van der Waals surface area contributed by atoms with E-state index in [0.29, 0.717) is 12.8 Å². The van der Waals surface area contributed by atoms with Crippen molar-refractivity contribution in [3.63, 3.8) is 0 Å². The molecule has 1 aliphatic rings. The first-order chi connectivity index (χ1) is 8.65. The highest BCUT2D eigenvalue weighted by Gasteiger charge is 2.27. The van der Waals surface area contributed by atoms with Crippen molar-refractivity contribution in [3.8, 4) is 0 Å². The lowest BCUT2D eigenvalue weighted by Gasteiger charge is -2.27. The molecule has 1 aliphatic carbocycles. The standard InChI is InChI=1S/C10H15N5O3/c16-9(5-15-6-11-13-14-15)12-8-3-1-2-7(4-8)10(17)18/h6-8H,1-5H2,(H,12,16)(H,17,18). The molecule has 2 atom stereocenters. The van der Waals surface area contributed by atoms with E-state index in [-0.39, 0.29) is 24.4 Å². The van der Waals surface area contributed by atoms with E-state index in [1.807, 2.05) is 0 Å². The number of carboxylic acids is 1. The van der Waals surface area contributed by atoms with E-state index in [4.69, 9.17) is 5.11 Å². The van der Waals surface area contributed by atoms with E-state index in [9.17, 15) is 9.59 Å². The summed E-state index contributed by atoms with van der Waals surface area (Å²) in [5.74, 6) is -1.33. The third-order valence-corrected chi connectivity index (χ3v) is 3.09. The van der Waals surface area contributed by atoms with Crippen molar-refractivity contribution < 1.29 is 14.7 Å². The highest BCUT2D eigenvalue weighted by atomic mass is 16.4. The van der Waals surface area contributed by atoms with Crippen molar-refractivity contribution in [1.29, 1.82) is 0 Å². The third-order valence-electron chi connectivity index (χ3n) is 3.09. The SMILES string of the molecule is O=C(Cn1cnnn1)NC1CCCC(C(=O)O)C1. The van der Waals surface area contributed by atoms with Gasteiger partial charge in [-0.05, 0) is 29.7 Å². The highest BCUT2D eigenvalue weighted by molar-refractivity contribution is 5.76. The van der Waals surface area contributed by atoms with E-state index in [2.05, 4.69) is 20.8 Å². The summed E-state index contributed by atoms with van der Waals surface area (Å²) in [4.78, 5) is 22.6. The molecule has 1 aromatic rings. The molecule has 0 saturated heterocycles. The van der Waals surface area contributed by atoms with E-state index < -0.39 is 5.97 Å². The van der Waals surface area contributed by atoms with Crippen LogP contribution < -0.4 is 5.32 Å². The lowest BCUT2D eigenvalue weighted by atomic mass is 9.86. The quantitative estimate of drug-likeness (QED) is 0.743. The van der Waals surface area contributed by atoms with Gasteiger partial charge in [-0.15, -0.1) is 5.10 Å². The fourth-order valence-electron chi connectivity index (χ4n) is 2.22. The van der Waals surface area contributed by atoms with Crippen molar-refractivity contribution in [3.05, 3.63) is 6.33 Å². The zero-order valence-corrected chi connectivity index (χ0v) is 9.82. The molecule has 0 aromatic carbocycles. The number of hydrogen-bond donors (Lipinski definition) is 2. The first-order valence-corrected chi connectivity index (χ1v) is 5.88. The Bertz CT molecular complexity index is 419. The number of amides is 1. The van der Waals surface area contributed by atoms with Gasteiger partial charge in [-0.2, -0.15) is 0 Å². The Labute approximate surface area is 103 Å². The van der Waals surface area contributed by atoms with Gasteiger partial charge in [0, 0.05) is 6.04 Å². The Balaban J connectivity index is 1.81. The van der Waals surface area contributed by atoms with Crippen molar-refractivity contribution in [1.82, 2.24) is 25.5 Å². The van der Waals surface area contributed by atoms with Crippen molar-refractivity contribution in [2.24, 2.45) is 5.92 Å².